The number of hydrogen-bond donors (Lipinski definition) is 0. The van der Waals surface area contributed by atoms with E-state index in [4.69, 9.17) is 4.43 Å². The fraction of sp³-hybridized carbons (Fsp3) is 1.00. The van der Waals surface area contributed by atoms with Crippen LogP contribution < -0.4 is 0 Å². The first kappa shape index (κ1) is 14.1. The van der Waals surface area contributed by atoms with Crippen molar-refractivity contribution in [3.63, 3.8) is 0 Å². The van der Waals surface area contributed by atoms with Crippen LogP contribution in [-0.2, 0) is 4.43 Å². The Hall–Kier alpha value is 0.137. The average molecular weight is 217 g/mol. The lowest BCUT2D eigenvalue weighted by atomic mass is 10.3. The summed E-state index contributed by atoms with van der Waals surface area (Å²) in [6.45, 7) is 15.7. The van der Waals surface area contributed by atoms with Crippen LogP contribution in [0.2, 0.25) is 19.6 Å². The molecule has 0 saturated heterocycles. The summed E-state index contributed by atoms with van der Waals surface area (Å²) in [7, 11) is -1.30. The van der Waals surface area contributed by atoms with Crippen molar-refractivity contribution in [2.45, 2.75) is 46.3 Å². The van der Waals surface area contributed by atoms with Crippen molar-refractivity contribution < 1.29 is 4.43 Å². The minimum atomic E-state index is -1.30. The summed E-state index contributed by atoms with van der Waals surface area (Å²) in [5, 5.41) is 0. The third-order valence-corrected chi connectivity index (χ3v) is 3.09. The molecule has 0 aromatic rings. The standard InChI is InChI=1S/C11H27NOSi/c1-6-8-12(9-7-2)10-11-13-14(3,4)5/h6-11H2,1-5H3. The predicted molar refractivity (Wildman–Crippen MR) is 66.3 cm³/mol. The van der Waals surface area contributed by atoms with E-state index in [1.54, 1.807) is 0 Å². The zero-order valence-corrected chi connectivity index (χ0v) is 11.6. The molecule has 0 amide bonds. The fourth-order valence-electron chi connectivity index (χ4n) is 1.45. The van der Waals surface area contributed by atoms with Crippen molar-refractivity contribution in [2.75, 3.05) is 26.2 Å². The summed E-state index contributed by atoms with van der Waals surface area (Å²) < 4.78 is 5.85. The highest BCUT2D eigenvalue weighted by Crippen LogP contribution is 2.02. The first-order valence-electron chi connectivity index (χ1n) is 5.86. The van der Waals surface area contributed by atoms with Crippen LogP contribution >= 0.6 is 0 Å². The highest BCUT2D eigenvalue weighted by molar-refractivity contribution is 6.69. The Morgan fingerprint density at radius 3 is 1.79 bits per heavy atom. The van der Waals surface area contributed by atoms with Crippen molar-refractivity contribution >= 4 is 8.32 Å². The number of nitrogens with zero attached hydrogens (tertiary/aromatic N) is 1. The largest absolute Gasteiger partial charge is 0.416 e. The molecule has 0 radical (unpaired) electrons. The molecule has 0 unspecified atom stereocenters. The van der Waals surface area contributed by atoms with Gasteiger partial charge in [0.25, 0.3) is 0 Å². The molecule has 2 nitrogen and oxygen atoms in total. The first-order chi connectivity index (χ1) is 6.49. The van der Waals surface area contributed by atoms with Crippen LogP contribution in [0.4, 0.5) is 0 Å². The average Bonchev–Trinajstić information content (AvgIpc) is 2.02. The molecule has 0 aromatic carbocycles. The molecular weight excluding hydrogens is 190 g/mol. The van der Waals surface area contributed by atoms with E-state index in [0.29, 0.717) is 0 Å². The van der Waals surface area contributed by atoms with Crippen LogP contribution in [-0.4, -0.2) is 39.5 Å². The molecule has 86 valence electrons. The lowest BCUT2D eigenvalue weighted by Gasteiger charge is -2.24. The second-order valence-electron chi connectivity index (χ2n) is 4.80. The maximum atomic E-state index is 5.85. The molecule has 0 fully saturated rings. The minimum absolute atomic E-state index is 0.912. The van der Waals surface area contributed by atoms with Crippen molar-refractivity contribution in [1.29, 1.82) is 0 Å². The van der Waals surface area contributed by atoms with Gasteiger partial charge in [-0.05, 0) is 45.6 Å². The molecule has 0 bridgehead atoms. The van der Waals surface area contributed by atoms with Gasteiger partial charge in [-0.2, -0.15) is 0 Å². The van der Waals surface area contributed by atoms with E-state index in [1.807, 2.05) is 0 Å². The molecule has 0 aromatic heterocycles. The van der Waals surface area contributed by atoms with Crippen LogP contribution in [0.5, 0.6) is 0 Å². The van der Waals surface area contributed by atoms with Gasteiger partial charge in [-0.3, -0.25) is 0 Å². The normalized spacial score (nSPS) is 12.4. The summed E-state index contributed by atoms with van der Waals surface area (Å²) in [6, 6.07) is 0. The van der Waals surface area contributed by atoms with E-state index in [-0.39, 0.29) is 0 Å². The number of rotatable bonds is 8. The third kappa shape index (κ3) is 8.72. The van der Waals surface area contributed by atoms with Crippen molar-refractivity contribution in [3.8, 4) is 0 Å². The summed E-state index contributed by atoms with van der Waals surface area (Å²) >= 11 is 0. The zero-order valence-electron chi connectivity index (χ0n) is 10.6. The second-order valence-corrected chi connectivity index (χ2v) is 9.32. The SMILES string of the molecule is CCCN(CCC)CCO[Si](C)(C)C. The van der Waals surface area contributed by atoms with Crippen molar-refractivity contribution in [2.24, 2.45) is 0 Å². The van der Waals surface area contributed by atoms with Gasteiger partial charge in [-0.25, -0.2) is 0 Å². The molecule has 0 aliphatic heterocycles. The Bertz CT molecular complexity index is 128. The van der Waals surface area contributed by atoms with E-state index >= 15 is 0 Å². The molecule has 0 N–H and O–H groups in total. The summed E-state index contributed by atoms with van der Waals surface area (Å²) in [6.07, 6.45) is 2.49. The van der Waals surface area contributed by atoms with E-state index in [1.165, 1.54) is 25.9 Å². The minimum Gasteiger partial charge on any atom is -0.416 e. The predicted octanol–water partition coefficient (Wildman–Crippen LogP) is 2.96. The maximum absolute atomic E-state index is 5.85. The van der Waals surface area contributed by atoms with Crippen LogP contribution in [0.1, 0.15) is 26.7 Å². The fourth-order valence-corrected chi connectivity index (χ4v) is 2.15. The van der Waals surface area contributed by atoms with E-state index in [0.717, 1.165) is 13.2 Å². The molecule has 0 saturated carbocycles. The van der Waals surface area contributed by atoms with Crippen molar-refractivity contribution in [1.82, 2.24) is 4.90 Å². The van der Waals surface area contributed by atoms with Crippen LogP contribution in [0, 0.1) is 0 Å². The molecule has 0 atom stereocenters. The lowest BCUT2D eigenvalue weighted by molar-refractivity contribution is 0.205. The van der Waals surface area contributed by atoms with Gasteiger partial charge in [0.05, 0.1) is 0 Å². The molecular formula is C11H27NOSi. The van der Waals surface area contributed by atoms with Gasteiger partial charge in [0.1, 0.15) is 0 Å². The Kier molecular flexibility index (Phi) is 7.50. The Labute approximate surface area is 90.8 Å². The molecule has 0 aliphatic carbocycles. The quantitative estimate of drug-likeness (QED) is 0.580. The molecule has 0 spiro atoms. The van der Waals surface area contributed by atoms with E-state index < -0.39 is 8.32 Å². The molecule has 0 rings (SSSR count). The Morgan fingerprint density at radius 2 is 1.43 bits per heavy atom. The first-order valence-corrected chi connectivity index (χ1v) is 9.26. The van der Waals surface area contributed by atoms with Gasteiger partial charge >= 0.3 is 0 Å². The van der Waals surface area contributed by atoms with Gasteiger partial charge in [-0.15, -0.1) is 0 Å². The number of hydrogen-bond acceptors (Lipinski definition) is 2. The van der Waals surface area contributed by atoms with Gasteiger partial charge in [-0.1, -0.05) is 13.8 Å². The van der Waals surface area contributed by atoms with Gasteiger partial charge in [0.2, 0.25) is 0 Å². The monoisotopic (exact) mass is 217 g/mol. The van der Waals surface area contributed by atoms with Crippen LogP contribution in [0.15, 0.2) is 0 Å². The molecule has 0 heterocycles. The van der Waals surface area contributed by atoms with Gasteiger partial charge in [0.15, 0.2) is 8.32 Å². The van der Waals surface area contributed by atoms with E-state index in [9.17, 15) is 0 Å². The topological polar surface area (TPSA) is 12.5 Å². The highest BCUT2D eigenvalue weighted by Gasteiger charge is 2.14. The van der Waals surface area contributed by atoms with Crippen LogP contribution in [0.25, 0.3) is 0 Å². The summed E-state index contributed by atoms with van der Waals surface area (Å²) in [5.74, 6) is 0. The second kappa shape index (κ2) is 7.43. The summed E-state index contributed by atoms with van der Waals surface area (Å²) in [4.78, 5) is 2.50. The smallest absolute Gasteiger partial charge is 0.183 e. The Morgan fingerprint density at radius 1 is 0.929 bits per heavy atom. The molecule has 14 heavy (non-hydrogen) atoms. The summed E-state index contributed by atoms with van der Waals surface area (Å²) in [5.41, 5.74) is 0. The van der Waals surface area contributed by atoms with Crippen molar-refractivity contribution in [3.05, 3.63) is 0 Å². The van der Waals surface area contributed by atoms with Crippen LogP contribution in [0.3, 0.4) is 0 Å². The highest BCUT2D eigenvalue weighted by atomic mass is 28.4. The molecule has 3 heteroatoms. The third-order valence-electron chi connectivity index (χ3n) is 2.02. The Balaban J connectivity index is 3.60. The molecule has 0 aliphatic rings. The van der Waals surface area contributed by atoms with E-state index in [2.05, 4.69) is 38.4 Å². The lowest BCUT2D eigenvalue weighted by Crippen LogP contribution is -2.34. The van der Waals surface area contributed by atoms with Gasteiger partial charge < -0.3 is 9.33 Å². The maximum Gasteiger partial charge on any atom is 0.183 e. The van der Waals surface area contributed by atoms with Gasteiger partial charge in [0, 0.05) is 13.2 Å². The zero-order chi connectivity index (χ0) is 11.0.